The lowest BCUT2D eigenvalue weighted by atomic mass is 10.1. The number of fused-ring (bicyclic) bond motifs is 5. The van der Waals surface area contributed by atoms with Crippen LogP contribution in [0.15, 0.2) is 53.8 Å². The average Bonchev–Trinajstić information content (AvgIpc) is 3.56. The van der Waals surface area contributed by atoms with Crippen LogP contribution in [0.1, 0.15) is 42.7 Å². The zero-order valence-corrected chi connectivity index (χ0v) is 19.9. The minimum absolute atomic E-state index is 0.0567. The van der Waals surface area contributed by atoms with E-state index in [1.165, 1.54) is 12.1 Å². The molecule has 8 nitrogen and oxygen atoms in total. The lowest BCUT2D eigenvalue weighted by Gasteiger charge is -2.11. The summed E-state index contributed by atoms with van der Waals surface area (Å²) in [5.41, 5.74) is 4.16. The van der Waals surface area contributed by atoms with Gasteiger partial charge < -0.3 is 14.0 Å². The van der Waals surface area contributed by atoms with Gasteiger partial charge in [0.05, 0.1) is 24.0 Å². The number of aromatic nitrogens is 5. The Morgan fingerprint density at radius 2 is 2.00 bits per heavy atom. The third kappa shape index (κ3) is 3.90. The standard InChI is InChI=1S/C25H22ClFN6O2/c1-14(2)34-12-22-30-31-24-18-9-16(26)5-8-20(18)33-13-28-23(21(33)10-32(22)24)25-29-19(11-35-25)15-3-6-17(27)7-4-15/h3-9,13-14,19H,10-12H2,1-2H3/t19-/m1/s1. The van der Waals surface area contributed by atoms with Gasteiger partial charge in [-0.3, -0.25) is 4.57 Å². The molecule has 4 heterocycles. The van der Waals surface area contributed by atoms with Crippen LogP contribution in [-0.4, -0.2) is 42.9 Å². The quantitative estimate of drug-likeness (QED) is 0.354. The number of halogens is 2. The summed E-state index contributed by atoms with van der Waals surface area (Å²) in [6.45, 7) is 5.10. The molecule has 0 saturated heterocycles. The van der Waals surface area contributed by atoms with E-state index in [4.69, 9.17) is 26.1 Å². The number of hydrogen-bond acceptors (Lipinski definition) is 6. The number of rotatable bonds is 5. The van der Waals surface area contributed by atoms with Crippen molar-refractivity contribution >= 4 is 17.5 Å². The minimum Gasteiger partial charge on any atom is -0.474 e. The molecule has 0 saturated carbocycles. The Morgan fingerprint density at radius 1 is 1.17 bits per heavy atom. The van der Waals surface area contributed by atoms with Crippen LogP contribution in [0.3, 0.4) is 0 Å². The number of hydrogen-bond donors (Lipinski definition) is 0. The van der Waals surface area contributed by atoms with Crippen molar-refractivity contribution in [1.29, 1.82) is 0 Å². The highest BCUT2D eigenvalue weighted by Crippen LogP contribution is 2.35. The van der Waals surface area contributed by atoms with Crippen molar-refractivity contribution in [2.75, 3.05) is 6.61 Å². The summed E-state index contributed by atoms with van der Waals surface area (Å²) in [5.74, 6) is 1.59. The molecule has 35 heavy (non-hydrogen) atoms. The zero-order chi connectivity index (χ0) is 24.1. The van der Waals surface area contributed by atoms with Crippen molar-refractivity contribution in [3.8, 4) is 17.1 Å². The second-order valence-electron chi connectivity index (χ2n) is 8.77. The monoisotopic (exact) mass is 492 g/mol. The molecule has 2 aromatic heterocycles. The molecule has 0 fully saturated rings. The Bertz CT molecular complexity index is 1440. The highest BCUT2D eigenvalue weighted by atomic mass is 35.5. The molecule has 178 valence electrons. The van der Waals surface area contributed by atoms with Gasteiger partial charge in [-0.2, -0.15) is 0 Å². The topological polar surface area (TPSA) is 79.3 Å². The number of imidazole rings is 1. The average molecular weight is 493 g/mol. The van der Waals surface area contributed by atoms with E-state index in [-0.39, 0.29) is 18.0 Å². The van der Waals surface area contributed by atoms with E-state index >= 15 is 0 Å². The highest BCUT2D eigenvalue weighted by molar-refractivity contribution is 6.31. The van der Waals surface area contributed by atoms with Gasteiger partial charge >= 0.3 is 0 Å². The van der Waals surface area contributed by atoms with Crippen molar-refractivity contribution in [3.05, 3.63) is 82.4 Å². The number of ether oxygens (including phenoxy) is 2. The number of nitrogens with zero attached hydrogens (tertiary/aromatic N) is 6. The summed E-state index contributed by atoms with van der Waals surface area (Å²) < 4.78 is 29.2. The van der Waals surface area contributed by atoms with Gasteiger partial charge in [-0.15, -0.1) is 10.2 Å². The molecule has 4 aromatic rings. The number of aliphatic imine (C=N–C) groups is 1. The molecule has 1 atom stereocenters. The molecule has 0 N–H and O–H groups in total. The molecule has 0 spiro atoms. The number of benzene rings is 2. The molecule has 6 rings (SSSR count). The van der Waals surface area contributed by atoms with Crippen LogP contribution in [-0.2, 0) is 22.6 Å². The van der Waals surface area contributed by atoms with Gasteiger partial charge in [0, 0.05) is 10.6 Å². The SMILES string of the molecule is CC(C)OCc1nnc2n1Cc1c(C3=N[C@@H](c4ccc(F)cc4)CO3)ncn1-c1ccc(Cl)cc1-2. The first-order valence-electron chi connectivity index (χ1n) is 11.3. The van der Waals surface area contributed by atoms with E-state index in [0.29, 0.717) is 48.0 Å². The predicted octanol–water partition coefficient (Wildman–Crippen LogP) is 4.73. The van der Waals surface area contributed by atoms with Crippen LogP contribution in [0.4, 0.5) is 4.39 Å². The lowest BCUT2D eigenvalue weighted by Crippen LogP contribution is -2.14. The maximum absolute atomic E-state index is 13.4. The first-order chi connectivity index (χ1) is 17.0. The van der Waals surface area contributed by atoms with E-state index in [0.717, 1.165) is 22.5 Å². The van der Waals surface area contributed by atoms with Crippen LogP contribution < -0.4 is 0 Å². The van der Waals surface area contributed by atoms with E-state index in [1.54, 1.807) is 18.5 Å². The van der Waals surface area contributed by atoms with Gasteiger partial charge in [0.25, 0.3) is 0 Å². The Labute approximate surface area is 206 Å². The van der Waals surface area contributed by atoms with Gasteiger partial charge in [0.15, 0.2) is 11.6 Å². The molecular weight excluding hydrogens is 471 g/mol. The normalized spacial score (nSPS) is 16.4. The maximum Gasteiger partial charge on any atom is 0.238 e. The van der Waals surface area contributed by atoms with Gasteiger partial charge in [-0.05, 0) is 49.7 Å². The highest BCUT2D eigenvalue weighted by Gasteiger charge is 2.31. The largest absolute Gasteiger partial charge is 0.474 e. The van der Waals surface area contributed by atoms with Crippen LogP contribution >= 0.6 is 11.6 Å². The Balaban J connectivity index is 1.44. The van der Waals surface area contributed by atoms with Gasteiger partial charge in [0.1, 0.15) is 37.1 Å². The van der Waals surface area contributed by atoms with E-state index in [2.05, 4.69) is 15.2 Å². The third-order valence-electron chi connectivity index (χ3n) is 6.11. The van der Waals surface area contributed by atoms with Crippen LogP contribution in [0, 0.1) is 5.82 Å². The summed E-state index contributed by atoms with van der Waals surface area (Å²) in [4.78, 5) is 9.45. The summed E-state index contributed by atoms with van der Waals surface area (Å²) >= 11 is 6.36. The Hall–Kier alpha value is -3.56. The summed E-state index contributed by atoms with van der Waals surface area (Å²) in [6, 6.07) is 11.8. The third-order valence-corrected chi connectivity index (χ3v) is 6.35. The van der Waals surface area contributed by atoms with Gasteiger partial charge in [-0.1, -0.05) is 23.7 Å². The van der Waals surface area contributed by atoms with Crippen molar-refractivity contribution < 1.29 is 13.9 Å². The van der Waals surface area contributed by atoms with E-state index in [1.807, 2.05) is 41.2 Å². The molecule has 10 heteroatoms. The molecule has 0 amide bonds. The second-order valence-corrected chi connectivity index (χ2v) is 9.21. The first kappa shape index (κ1) is 21.9. The smallest absolute Gasteiger partial charge is 0.238 e. The van der Waals surface area contributed by atoms with Crippen molar-refractivity contribution in [3.63, 3.8) is 0 Å². The summed E-state index contributed by atoms with van der Waals surface area (Å²) in [6.07, 6.45) is 1.82. The maximum atomic E-state index is 13.4. The van der Waals surface area contributed by atoms with Crippen molar-refractivity contribution in [2.24, 2.45) is 4.99 Å². The molecule has 0 bridgehead atoms. The van der Waals surface area contributed by atoms with Crippen molar-refractivity contribution in [2.45, 2.75) is 39.1 Å². The van der Waals surface area contributed by atoms with E-state index < -0.39 is 0 Å². The lowest BCUT2D eigenvalue weighted by molar-refractivity contribution is 0.0595. The van der Waals surface area contributed by atoms with Crippen molar-refractivity contribution in [1.82, 2.24) is 24.3 Å². The molecular formula is C25H22ClFN6O2. The zero-order valence-electron chi connectivity index (χ0n) is 19.2. The van der Waals surface area contributed by atoms with Gasteiger partial charge in [0.2, 0.25) is 5.90 Å². The predicted molar refractivity (Wildman–Crippen MR) is 128 cm³/mol. The fraction of sp³-hybridized carbons (Fsp3) is 0.280. The van der Waals surface area contributed by atoms with Crippen LogP contribution in [0.2, 0.25) is 5.02 Å². The summed E-state index contributed by atoms with van der Waals surface area (Å²) in [5, 5.41) is 9.48. The first-order valence-corrected chi connectivity index (χ1v) is 11.7. The van der Waals surface area contributed by atoms with E-state index in [9.17, 15) is 4.39 Å². The molecule has 0 aliphatic carbocycles. The van der Waals surface area contributed by atoms with Crippen LogP contribution in [0.5, 0.6) is 0 Å². The molecule has 2 aliphatic rings. The molecule has 0 unspecified atom stereocenters. The Kier molecular flexibility index (Phi) is 5.38. The molecule has 2 aromatic carbocycles. The van der Waals surface area contributed by atoms with Crippen LogP contribution in [0.25, 0.3) is 17.1 Å². The minimum atomic E-state index is -0.281. The molecule has 2 aliphatic heterocycles. The molecule has 0 radical (unpaired) electrons. The second kappa shape index (κ2) is 8.58. The fourth-order valence-corrected chi connectivity index (χ4v) is 4.54. The Morgan fingerprint density at radius 3 is 2.80 bits per heavy atom. The van der Waals surface area contributed by atoms with Gasteiger partial charge in [-0.25, -0.2) is 14.4 Å². The fourth-order valence-electron chi connectivity index (χ4n) is 4.37. The summed E-state index contributed by atoms with van der Waals surface area (Å²) in [7, 11) is 0.